The van der Waals surface area contributed by atoms with Gasteiger partial charge in [-0.2, -0.15) is 0 Å². The predicted molar refractivity (Wildman–Crippen MR) is 108 cm³/mol. The summed E-state index contributed by atoms with van der Waals surface area (Å²) in [6.45, 7) is 3.54. The molecule has 2 aliphatic rings. The largest absolute Gasteiger partial charge is 0.497 e. The van der Waals surface area contributed by atoms with Gasteiger partial charge in [0.05, 0.1) is 20.3 Å². The van der Waals surface area contributed by atoms with Crippen LogP contribution in [0.1, 0.15) is 51.4 Å². The van der Waals surface area contributed by atoms with E-state index in [4.69, 9.17) is 9.47 Å². The van der Waals surface area contributed by atoms with Gasteiger partial charge in [0.2, 0.25) is 0 Å². The summed E-state index contributed by atoms with van der Waals surface area (Å²) in [4.78, 5) is 29.8. The Balaban J connectivity index is 1.63. The molecule has 29 heavy (non-hydrogen) atoms. The van der Waals surface area contributed by atoms with Gasteiger partial charge in [-0.1, -0.05) is 19.1 Å². The smallest absolute Gasteiger partial charge is 0.269 e. The van der Waals surface area contributed by atoms with E-state index in [0.29, 0.717) is 35.4 Å². The minimum Gasteiger partial charge on any atom is -0.497 e. The van der Waals surface area contributed by atoms with Crippen molar-refractivity contribution in [3.63, 3.8) is 0 Å². The third-order valence-corrected chi connectivity index (χ3v) is 6.21. The molecule has 1 N–H and O–H groups in total. The van der Waals surface area contributed by atoms with E-state index < -0.39 is 0 Å². The fourth-order valence-corrected chi connectivity index (χ4v) is 4.25. The van der Waals surface area contributed by atoms with Gasteiger partial charge in [-0.15, -0.1) is 0 Å². The zero-order valence-corrected chi connectivity index (χ0v) is 17.0. The van der Waals surface area contributed by atoms with Crippen molar-refractivity contribution in [1.29, 1.82) is 0 Å². The first-order chi connectivity index (χ1) is 14.0. The van der Waals surface area contributed by atoms with Gasteiger partial charge in [-0.25, -0.2) is 4.98 Å². The van der Waals surface area contributed by atoms with Gasteiger partial charge in [-0.3, -0.25) is 9.59 Å². The maximum Gasteiger partial charge on any atom is 0.269 e. The quantitative estimate of drug-likeness (QED) is 0.731. The number of aromatic nitrogens is 1. The SMILES string of the molecule is CNC(=O)c1cc(C(=O)CC2[C@H]3COC[C@@H]23)cc(C(C)c2cccc(OC)c2)n1. The monoisotopic (exact) mass is 394 g/mol. The molecule has 2 fully saturated rings. The van der Waals surface area contributed by atoms with E-state index >= 15 is 0 Å². The normalized spacial score (nSPS) is 23.2. The molecule has 4 rings (SSSR count). The van der Waals surface area contributed by atoms with Crippen LogP contribution in [-0.2, 0) is 4.74 Å². The van der Waals surface area contributed by atoms with E-state index in [1.807, 2.05) is 37.3 Å². The number of benzene rings is 1. The Bertz CT molecular complexity index is 932. The second-order valence-electron chi connectivity index (χ2n) is 7.90. The Hall–Kier alpha value is -2.73. The molecule has 0 radical (unpaired) electrons. The average Bonchev–Trinajstić information content (AvgIpc) is 3.17. The van der Waals surface area contributed by atoms with Crippen molar-refractivity contribution in [3.05, 3.63) is 58.9 Å². The molecule has 0 spiro atoms. The van der Waals surface area contributed by atoms with Crippen molar-refractivity contribution < 1.29 is 19.1 Å². The van der Waals surface area contributed by atoms with Crippen LogP contribution in [0.4, 0.5) is 0 Å². The standard InChI is InChI=1S/C23H26N2O4/c1-13(14-5-4-6-16(7-14)28-3)20-8-15(9-21(25-20)23(27)24-2)22(26)10-17-18-11-29-12-19(17)18/h4-9,13,17-19H,10-12H2,1-3H3,(H,24,27)/t13?,17?,18-,19+. The lowest BCUT2D eigenvalue weighted by Gasteiger charge is -2.15. The molecule has 6 heteroatoms. The molecule has 0 bridgehead atoms. The summed E-state index contributed by atoms with van der Waals surface area (Å²) >= 11 is 0. The maximum absolute atomic E-state index is 13.0. The topological polar surface area (TPSA) is 77.5 Å². The van der Waals surface area contributed by atoms with E-state index in [2.05, 4.69) is 10.3 Å². The number of rotatable bonds is 7. The van der Waals surface area contributed by atoms with Crippen LogP contribution in [-0.4, -0.2) is 44.0 Å². The number of methoxy groups -OCH3 is 1. The Morgan fingerprint density at radius 1 is 1.24 bits per heavy atom. The molecular formula is C23H26N2O4. The number of ketones is 1. The van der Waals surface area contributed by atoms with Crippen LogP contribution in [0.2, 0.25) is 0 Å². The molecular weight excluding hydrogens is 368 g/mol. The molecule has 2 aromatic rings. The maximum atomic E-state index is 13.0. The molecule has 6 nitrogen and oxygen atoms in total. The highest BCUT2D eigenvalue weighted by Crippen LogP contribution is 2.53. The van der Waals surface area contributed by atoms with Crippen molar-refractivity contribution in [2.75, 3.05) is 27.4 Å². The first kappa shape index (κ1) is 19.6. The lowest BCUT2D eigenvalue weighted by molar-refractivity contribution is 0.0950. The summed E-state index contributed by atoms with van der Waals surface area (Å²) in [5.74, 6) is 1.90. The molecule has 2 heterocycles. The Morgan fingerprint density at radius 3 is 2.69 bits per heavy atom. The van der Waals surface area contributed by atoms with E-state index in [1.54, 1.807) is 20.2 Å². The van der Waals surface area contributed by atoms with Crippen LogP contribution in [0.5, 0.6) is 5.75 Å². The lowest BCUT2D eigenvalue weighted by atomic mass is 9.94. The summed E-state index contributed by atoms with van der Waals surface area (Å²) in [6.07, 6.45) is 0.503. The molecule has 152 valence electrons. The van der Waals surface area contributed by atoms with Crippen molar-refractivity contribution in [2.24, 2.45) is 17.8 Å². The minimum absolute atomic E-state index is 0.0658. The van der Waals surface area contributed by atoms with Crippen LogP contribution in [0, 0.1) is 17.8 Å². The number of pyridine rings is 1. The van der Waals surface area contributed by atoms with E-state index in [0.717, 1.165) is 24.5 Å². The first-order valence-electron chi connectivity index (χ1n) is 10.0. The van der Waals surface area contributed by atoms with Crippen LogP contribution in [0.3, 0.4) is 0 Å². The van der Waals surface area contributed by atoms with Crippen molar-refractivity contribution >= 4 is 11.7 Å². The highest BCUT2D eigenvalue weighted by molar-refractivity contribution is 6.00. The molecule has 1 aromatic carbocycles. The van der Waals surface area contributed by atoms with Crippen molar-refractivity contribution in [2.45, 2.75) is 19.3 Å². The first-order valence-corrected chi connectivity index (χ1v) is 10.0. The molecule has 1 saturated heterocycles. The average molecular weight is 394 g/mol. The summed E-state index contributed by atoms with van der Waals surface area (Å²) in [5.41, 5.74) is 2.52. The number of carbonyl (C=O) groups is 2. The summed E-state index contributed by atoms with van der Waals surface area (Å²) < 4.78 is 10.7. The summed E-state index contributed by atoms with van der Waals surface area (Å²) in [7, 11) is 3.19. The van der Waals surface area contributed by atoms with Crippen molar-refractivity contribution in [1.82, 2.24) is 10.3 Å². The second-order valence-corrected chi connectivity index (χ2v) is 7.90. The fourth-order valence-electron chi connectivity index (χ4n) is 4.25. The van der Waals surface area contributed by atoms with Gasteiger partial charge in [-0.05, 0) is 47.6 Å². The van der Waals surface area contributed by atoms with Gasteiger partial charge >= 0.3 is 0 Å². The molecule has 1 aromatic heterocycles. The van der Waals surface area contributed by atoms with Gasteiger partial charge in [0, 0.05) is 30.6 Å². The van der Waals surface area contributed by atoms with Crippen molar-refractivity contribution in [3.8, 4) is 5.75 Å². The van der Waals surface area contributed by atoms with Crippen LogP contribution in [0.15, 0.2) is 36.4 Å². The predicted octanol–water partition coefficient (Wildman–Crippen LogP) is 3.07. The Kier molecular flexibility index (Phi) is 5.37. The summed E-state index contributed by atoms with van der Waals surface area (Å²) in [6, 6.07) is 11.2. The number of ether oxygens (including phenoxy) is 2. The number of nitrogens with zero attached hydrogens (tertiary/aromatic N) is 1. The van der Waals surface area contributed by atoms with Crippen LogP contribution in [0.25, 0.3) is 0 Å². The Labute approximate surface area is 170 Å². The number of amides is 1. The molecule has 1 aliphatic carbocycles. The third-order valence-electron chi connectivity index (χ3n) is 6.21. The summed E-state index contributed by atoms with van der Waals surface area (Å²) in [5, 5.41) is 2.61. The van der Waals surface area contributed by atoms with E-state index in [-0.39, 0.29) is 23.3 Å². The minimum atomic E-state index is -0.296. The third kappa shape index (κ3) is 3.90. The fraction of sp³-hybridized carbons (Fsp3) is 0.435. The van der Waals surface area contributed by atoms with E-state index in [1.165, 1.54) is 0 Å². The Morgan fingerprint density at radius 2 is 2.00 bits per heavy atom. The number of fused-ring (bicyclic) bond motifs is 1. The lowest BCUT2D eigenvalue weighted by Crippen LogP contribution is -2.21. The van der Waals surface area contributed by atoms with Gasteiger partial charge in [0.15, 0.2) is 5.78 Å². The zero-order chi connectivity index (χ0) is 20.5. The van der Waals surface area contributed by atoms with Crippen LogP contribution < -0.4 is 10.1 Å². The molecule has 4 atom stereocenters. The highest BCUT2D eigenvalue weighted by atomic mass is 16.5. The van der Waals surface area contributed by atoms with Crippen LogP contribution >= 0.6 is 0 Å². The number of hydrogen-bond donors (Lipinski definition) is 1. The highest BCUT2D eigenvalue weighted by Gasteiger charge is 2.54. The zero-order valence-electron chi connectivity index (χ0n) is 17.0. The van der Waals surface area contributed by atoms with E-state index in [9.17, 15) is 9.59 Å². The molecule has 1 saturated carbocycles. The van der Waals surface area contributed by atoms with Gasteiger partial charge in [0.25, 0.3) is 5.91 Å². The van der Waals surface area contributed by atoms with Gasteiger partial charge < -0.3 is 14.8 Å². The second kappa shape index (κ2) is 7.95. The number of carbonyl (C=O) groups excluding carboxylic acids is 2. The molecule has 1 amide bonds. The van der Waals surface area contributed by atoms with Gasteiger partial charge in [0.1, 0.15) is 11.4 Å². The number of Topliss-reactive ketones (excluding diaryl/α,β-unsaturated/α-hetero) is 1. The molecule has 2 unspecified atom stereocenters. The number of nitrogens with one attached hydrogen (secondary N) is 1. The number of hydrogen-bond acceptors (Lipinski definition) is 5. The molecule has 1 aliphatic heterocycles.